The molecule has 5 heteroatoms. The molecule has 0 radical (unpaired) electrons. The summed E-state index contributed by atoms with van der Waals surface area (Å²) in [7, 11) is 1.36. The van der Waals surface area contributed by atoms with Crippen LogP contribution in [0.2, 0.25) is 0 Å². The summed E-state index contributed by atoms with van der Waals surface area (Å²) >= 11 is 0. The van der Waals surface area contributed by atoms with Crippen molar-refractivity contribution in [3.8, 4) is 0 Å². The number of amides is 1. The molecule has 130 valence electrons. The normalized spacial score (nSPS) is 17.3. The minimum atomic E-state index is -0.463. The fourth-order valence-electron chi connectivity index (χ4n) is 2.85. The number of carbonyl (C=O) groups excluding carboxylic acids is 1. The molecule has 2 atom stereocenters. The highest BCUT2D eigenvalue weighted by Crippen LogP contribution is 2.18. The Morgan fingerprint density at radius 2 is 1.76 bits per heavy atom. The van der Waals surface area contributed by atoms with Crippen molar-refractivity contribution in [3.05, 3.63) is 83.6 Å². The van der Waals surface area contributed by atoms with E-state index in [1.165, 1.54) is 12.7 Å². The number of hydroxylamine groups is 1. The molecule has 0 aliphatic carbocycles. The van der Waals surface area contributed by atoms with Gasteiger partial charge in [0, 0.05) is 12.1 Å². The average molecular weight is 338 g/mol. The molecule has 5 nitrogen and oxygen atoms in total. The maximum absolute atomic E-state index is 11.7. The standard InChI is InChI=1S/C20H22N2O3/c1-24-20(23)21-18(13-16-10-6-3-7-11-16)19-14-17(22-25-19)12-15-8-4-2-5-9-15/h2-11,14,18-19,22H,12-13H2,1H3,(H,21,23)/t18-,19-/m0/s1. The summed E-state index contributed by atoms with van der Waals surface area (Å²) in [5.41, 5.74) is 6.29. The van der Waals surface area contributed by atoms with E-state index >= 15 is 0 Å². The van der Waals surface area contributed by atoms with Crippen LogP contribution in [0.1, 0.15) is 11.1 Å². The van der Waals surface area contributed by atoms with Gasteiger partial charge in [-0.1, -0.05) is 60.7 Å². The number of benzene rings is 2. The number of methoxy groups -OCH3 is 1. The van der Waals surface area contributed by atoms with Gasteiger partial charge in [-0.15, -0.1) is 0 Å². The molecule has 0 saturated carbocycles. The van der Waals surface area contributed by atoms with Crippen LogP contribution in [0.25, 0.3) is 0 Å². The molecule has 1 amide bonds. The minimum absolute atomic E-state index is 0.226. The van der Waals surface area contributed by atoms with E-state index in [0.717, 1.165) is 17.7 Å². The van der Waals surface area contributed by atoms with E-state index < -0.39 is 6.09 Å². The number of allylic oxidation sites excluding steroid dienone is 1. The zero-order chi connectivity index (χ0) is 17.5. The number of hydrogen-bond donors (Lipinski definition) is 2. The van der Waals surface area contributed by atoms with Crippen LogP contribution in [0.15, 0.2) is 72.4 Å². The first-order chi connectivity index (χ1) is 12.2. The zero-order valence-corrected chi connectivity index (χ0v) is 14.1. The van der Waals surface area contributed by atoms with Gasteiger partial charge in [-0.3, -0.25) is 10.3 Å². The van der Waals surface area contributed by atoms with Crippen LogP contribution in [0.4, 0.5) is 4.79 Å². The minimum Gasteiger partial charge on any atom is -0.453 e. The van der Waals surface area contributed by atoms with Gasteiger partial charge < -0.3 is 10.1 Å². The SMILES string of the molecule is COC(=O)N[C@@H](Cc1ccccc1)[C@@H]1C=C(Cc2ccccc2)NO1. The van der Waals surface area contributed by atoms with Gasteiger partial charge >= 0.3 is 6.09 Å². The van der Waals surface area contributed by atoms with Gasteiger partial charge in [-0.2, -0.15) is 0 Å². The molecular formula is C20H22N2O3. The van der Waals surface area contributed by atoms with Crippen molar-refractivity contribution in [2.75, 3.05) is 7.11 Å². The lowest BCUT2D eigenvalue weighted by atomic mass is 10.00. The van der Waals surface area contributed by atoms with Crippen molar-refractivity contribution < 1.29 is 14.4 Å². The van der Waals surface area contributed by atoms with E-state index in [4.69, 9.17) is 9.57 Å². The summed E-state index contributed by atoms with van der Waals surface area (Å²) in [6.07, 6.45) is 2.70. The van der Waals surface area contributed by atoms with E-state index in [9.17, 15) is 4.79 Å². The first-order valence-corrected chi connectivity index (χ1v) is 8.29. The molecule has 1 aliphatic rings. The molecule has 1 aliphatic heterocycles. The van der Waals surface area contributed by atoms with Crippen LogP contribution in [-0.2, 0) is 22.4 Å². The first kappa shape index (κ1) is 17.0. The summed E-state index contributed by atoms with van der Waals surface area (Å²) in [4.78, 5) is 17.4. The molecule has 2 N–H and O–H groups in total. The van der Waals surface area contributed by atoms with Gasteiger partial charge in [0.2, 0.25) is 0 Å². The molecule has 0 spiro atoms. The fraction of sp³-hybridized carbons (Fsp3) is 0.250. The molecule has 2 aromatic carbocycles. The highest BCUT2D eigenvalue weighted by molar-refractivity contribution is 5.67. The number of hydrogen-bond acceptors (Lipinski definition) is 4. The Hall–Kier alpha value is -2.79. The van der Waals surface area contributed by atoms with Gasteiger partial charge in [0.05, 0.1) is 13.2 Å². The lowest BCUT2D eigenvalue weighted by molar-refractivity contribution is 0.0202. The Balaban J connectivity index is 1.70. The van der Waals surface area contributed by atoms with Crippen LogP contribution < -0.4 is 10.8 Å². The first-order valence-electron chi connectivity index (χ1n) is 8.29. The van der Waals surface area contributed by atoms with Crippen molar-refractivity contribution in [1.82, 2.24) is 10.8 Å². The van der Waals surface area contributed by atoms with Gasteiger partial charge in [0.1, 0.15) is 6.10 Å². The topological polar surface area (TPSA) is 59.6 Å². The van der Waals surface area contributed by atoms with E-state index in [-0.39, 0.29) is 12.1 Å². The fourth-order valence-corrected chi connectivity index (χ4v) is 2.85. The smallest absolute Gasteiger partial charge is 0.407 e. The van der Waals surface area contributed by atoms with Crippen molar-refractivity contribution in [1.29, 1.82) is 0 Å². The number of rotatable bonds is 6. The van der Waals surface area contributed by atoms with Crippen LogP contribution in [0.3, 0.4) is 0 Å². The van der Waals surface area contributed by atoms with Crippen molar-refractivity contribution >= 4 is 6.09 Å². The second-order valence-corrected chi connectivity index (χ2v) is 5.97. The van der Waals surface area contributed by atoms with E-state index in [1.807, 2.05) is 54.6 Å². The molecule has 0 bridgehead atoms. The third kappa shape index (κ3) is 4.84. The highest BCUT2D eigenvalue weighted by atomic mass is 16.7. The summed E-state index contributed by atoms with van der Waals surface area (Å²) in [6, 6.07) is 19.9. The van der Waals surface area contributed by atoms with E-state index in [2.05, 4.69) is 22.9 Å². The third-order valence-corrected chi connectivity index (χ3v) is 4.11. The molecule has 0 unspecified atom stereocenters. The lowest BCUT2D eigenvalue weighted by Crippen LogP contribution is -2.44. The predicted octanol–water partition coefficient (Wildman–Crippen LogP) is 2.98. The van der Waals surface area contributed by atoms with Gasteiger partial charge in [0.25, 0.3) is 0 Å². The summed E-state index contributed by atoms with van der Waals surface area (Å²) in [5, 5.41) is 2.87. The maximum atomic E-state index is 11.7. The molecule has 2 aromatic rings. The second-order valence-electron chi connectivity index (χ2n) is 5.97. The Bertz CT molecular complexity index is 716. The average Bonchev–Trinajstić information content (AvgIpc) is 3.11. The van der Waals surface area contributed by atoms with Crippen molar-refractivity contribution in [2.45, 2.75) is 25.0 Å². The molecular weight excluding hydrogens is 316 g/mol. The molecule has 0 fully saturated rings. The Morgan fingerprint density at radius 1 is 1.12 bits per heavy atom. The van der Waals surface area contributed by atoms with Crippen LogP contribution in [-0.4, -0.2) is 25.3 Å². The largest absolute Gasteiger partial charge is 0.453 e. The Morgan fingerprint density at radius 3 is 2.40 bits per heavy atom. The molecule has 0 saturated heterocycles. The monoisotopic (exact) mass is 338 g/mol. The van der Waals surface area contributed by atoms with E-state index in [0.29, 0.717) is 6.42 Å². The second kappa shape index (κ2) is 8.35. The summed E-state index contributed by atoms with van der Waals surface area (Å²) in [6.45, 7) is 0. The zero-order valence-electron chi connectivity index (χ0n) is 14.1. The number of nitrogens with one attached hydrogen (secondary N) is 2. The van der Waals surface area contributed by atoms with Crippen LogP contribution >= 0.6 is 0 Å². The summed E-state index contributed by atoms with van der Waals surface area (Å²) in [5.74, 6) is 0. The van der Waals surface area contributed by atoms with Gasteiger partial charge in [0.15, 0.2) is 0 Å². The number of alkyl carbamates (subject to hydrolysis) is 1. The molecule has 3 rings (SSSR count). The van der Waals surface area contributed by atoms with E-state index in [1.54, 1.807) is 0 Å². The predicted molar refractivity (Wildman–Crippen MR) is 95.7 cm³/mol. The third-order valence-electron chi connectivity index (χ3n) is 4.11. The van der Waals surface area contributed by atoms with Crippen molar-refractivity contribution in [2.24, 2.45) is 0 Å². The molecule has 25 heavy (non-hydrogen) atoms. The number of ether oxygens (including phenoxy) is 1. The molecule has 1 heterocycles. The quantitative estimate of drug-likeness (QED) is 0.850. The number of carbonyl (C=O) groups is 1. The Labute approximate surface area is 147 Å². The van der Waals surface area contributed by atoms with Crippen LogP contribution in [0.5, 0.6) is 0 Å². The Kier molecular flexibility index (Phi) is 5.69. The highest BCUT2D eigenvalue weighted by Gasteiger charge is 2.28. The molecule has 0 aromatic heterocycles. The summed E-state index contributed by atoms with van der Waals surface area (Å²) < 4.78 is 4.75. The lowest BCUT2D eigenvalue weighted by Gasteiger charge is -2.22. The van der Waals surface area contributed by atoms with Gasteiger partial charge in [-0.25, -0.2) is 4.79 Å². The van der Waals surface area contributed by atoms with Crippen LogP contribution in [0, 0.1) is 0 Å². The van der Waals surface area contributed by atoms with Gasteiger partial charge in [-0.05, 0) is 23.6 Å². The van der Waals surface area contributed by atoms with Crippen molar-refractivity contribution in [3.63, 3.8) is 0 Å². The maximum Gasteiger partial charge on any atom is 0.407 e.